The summed E-state index contributed by atoms with van der Waals surface area (Å²) in [5.41, 5.74) is 8.07. The molecule has 3 nitrogen and oxygen atoms in total. The number of fused-ring (bicyclic) bond motifs is 3. The summed E-state index contributed by atoms with van der Waals surface area (Å²) in [6, 6.07) is 21.2. The van der Waals surface area contributed by atoms with Crippen LogP contribution in [0.25, 0.3) is 27.5 Å². The van der Waals surface area contributed by atoms with Gasteiger partial charge < -0.3 is 13.9 Å². The predicted molar refractivity (Wildman–Crippen MR) is 191 cm³/mol. The lowest BCUT2D eigenvalue weighted by Gasteiger charge is -2.34. The molecular formula is C40H56BNO2. The van der Waals surface area contributed by atoms with E-state index in [1.807, 2.05) is 0 Å². The molecule has 1 saturated heterocycles. The van der Waals surface area contributed by atoms with Crippen LogP contribution in [0.3, 0.4) is 0 Å². The molecule has 0 bridgehead atoms. The van der Waals surface area contributed by atoms with Gasteiger partial charge in [-0.3, -0.25) is 0 Å². The number of rotatable bonds is 4. The molecule has 1 aromatic heterocycles. The molecule has 0 N–H and O–H groups in total. The maximum Gasteiger partial charge on any atom is 0.494 e. The molecule has 0 atom stereocenters. The van der Waals surface area contributed by atoms with Gasteiger partial charge in [0, 0.05) is 16.5 Å². The molecule has 4 aromatic rings. The molecule has 0 spiro atoms. The second-order valence-corrected chi connectivity index (χ2v) is 18.3. The lowest BCUT2D eigenvalue weighted by Crippen LogP contribution is -2.41. The van der Waals surface area contributed by atoms with Gasteiger partial charge in [0.2, 0.25) is 0 Å². The van der Waals surface area contributed by atoms with Gasteiger partial charge in [0.15, 0.2) is 0 Å². The Morgan fingerprint density at radius 1 is 0.591 bits per heavy atom. The van der Waals surface area contributed by atoms with Gasteiger partial charge in [-0.2, -0.15) is 0 Å². The minimum Gasteiger partial charge on any atom is -0.399 e. The number of benzene rings is 3. The van der Waals surface area contributed by atoms with E-state index in [1.165, 1.54) is 38.5 Å². The third kappa shape index (κ3) is 6.02. The molecule has 0 amide bonds. The molecule has 1 aliphatic heterocycles. The van der Waals surface area contributed by atoms with Crippen molar-refractivity contribution in [1.82, 2.24) is 4.57 Å². The summed E-state index contributed by atoms with van der Waals surface area (Å²) >= 11 is 0. The van der Waals surface area contributed by atoms with Gasteiger partial charge in [-0.25, -0.2) is 0 Å². The Hall–Kier alpha value is -2.56. The summed E-state index contributed by atoms with van der Waals surface area (Å²) in [4.78, 5) is 0. The number of hydrogen-bond acceptors (Lipinski definition) is 2. The second kappa shape index (κ2) is 10.2. The zero-order valence-corrected chi connectivity index (χ0v) is 30.2. The van der Waals surface area contributed by atoms with E-state index >= 15 is 0 Å². The van der Waals surface area contributed by atoms with E-state index in [1.54, 1.807) is 0 Å². The Balaban J connectivity index is 1.86. The van der Waals surface area contributed by atoms with Crippen molar-refractivity contribution in [2.75, 3.05) is 0 Å². The molecule has 3 aromatic carbocycles. The second-order valence-electron chi connectivity index (χ2n) is 18.3. The topological polar surface area (TPSA) is 23.4 Å². The Morgan fingerprint density at radius 3 is 1.45 bits per heavy atom. The Morgan fingerprint density at radius 2 is 1.05 bits per heavy atom. The standard InChI is InChI=1S/C40H56BNO2/c1-35(2,3)25-38(10,11)28-20-29(41-43-39(12,13)40(14,15)44-41)24-30(21-28)42-33-22-26(36(4,5)6)16-18-31(33)32-19-17-27(23-34(32)42)37(7,8)9/h16-24H,25H2,1-15H3. The molecule has 0 aliphatic carbocycles. The third-order valence-corrected chi connectivity index (χ3v) is 9.98. The van der Waals surface area contributed by atoms with E-state index in [4.69, 9.17) is 9.31 Å². The summed E-state index contributed by atoms with van der Waals surface area (Å²) in [6.07, 6.45) is 1.06. The van der Waals surface area contributed by atoms with Crippen molar-refractivity contribution < 1.29 is 9.31 Å². The molecule has 4 heteroatoms. The normalized spacial score (nSPS) is 17.7. The predicted octanol–water partition coefficient (Wildman–Crippen LogP) is 10.4. The van der Waals surface area contributed by atoms with E-state index in [-0.39, 0.29) is 21.7 Å². The first kappa shape index (κ1) is 32.8. The fourth-order valence-corrected chi connectivity index (χ4v) is 6.93. The monoisotopic (exact) mass is 593 g/mol. The van der Waals surface area contributed by atoms with Gasteiger partial charge in [-0.15, -0.1) is 0 Å². The number of hydrogen-bond donors (Lipinski definition) is 0. The maximum absolute atomic E-state index is 6.66. The largest absolute Gasteiger partial charge is 0.494 e. The van der Waals surface area contributed by atoms with Crippen molar-refractivity contribution >= 4 is 34.4 Å². The van der Waals surface area contributed by atoms with E-state index < -0.39 is 18.3 Å². The molecule has 0 radical (unpaired) electrons. The van der Waals surface area contributed by atoms with Crippen molar-refractivity contribution in [2.24, 2.45) is 5.41 Å². The van der Waals surface area contributed by atoms with Gasteiger partial charge >= 0.3 is 7.12 Å². The van der Waals surface area contributed by atoms with Crippen LogP contribution in [0.5, 0.6) is 0 Å². The first-order chi connectivity index (χ1) is 19.9. The van der Waals surface area contributed by atoms with Crippen molar-refractivity contribution in [3.63, 3.8) is 0 Å². The smallest absolute Gasteiger partial charge is 0.399 e. The number of aromatic nitrogens is 1. The average Bonchev–Trinajstić information content (AvgIpc) is 3.29. The molecule has 2 heterocycles. The highest BCUT2D eigenvalue weighted by atomic mass is 16.7. The van der Waals surface area contributed by atoms with Crippen molar-refractivity contribution in [3.8, 4) is 5.69 Å². The molecular weight excluding hydrogens is 537 g/mol. The Kier molecular flexibility index (Phi) is 7.63. The van der Waals surface area contributed by atoms with Crippen molar-refractivity contribution in [1.29, 1.82) is 0 Å². The van der Waals surface area contributed by atoms with Crippen LogP contribution < -0.4 is 5.46 Å². The van der Waals surface area contributed by atoms with Crippen molar-refractivity contribution in [2.45, 2.75) is 138 Å². The van der Waals surface area contributed by atoms with E-state index in [0.717, 1.165) is 17.6 Å². The maximum atomic E-state index is 6.66. The van der Waals surface area contributed by atoms with Crippen LogP contribution in [0.2, 0.25) is 0 Å². The minimum absolute atomic E-state index is 0.0381. The first-order valence-corrected chi connectivity index (χ1v) is 16.5. The summed E-state index contributed by atoms with van der Waals surface area (Å²) in [5.74, 6) is 0. The molecule has 0 saturated carbocycles. The quantitative estimate of drug-likeness (QED) is 0.220. The van der Waals surface area contributed by atoms with Crippen LogP contribution in [-0.2, 0) is 25.6 Å². The molecule has 5 rings (SSSR count). The summed E-state index contributed by atoms with van der Waals surface area (Å²) in [6.45, 7) is 34.1. The van der Waals surface area contributed by atoms with Gasteiger partial charge in [0.25, 0.3) is 0 Å². The zero-order chi connectivity index (χ0) is 32.8. The van der Waals surface area contributed by atoms with Crippen LogP contribution in [-0.4, -0.2) is 22.9 Å². The van der Waals surface area contributed by atoms with Gasteiger partial charge in [-0.1, -0.05) is 106 Å². The lowest BCUT2D eigenvalue weighted by molar-refractivity contribution is 0.00578. The summed E-state index contributed by atoms with van der Waals surface area (Å²) < 4.78 is 15.8. The highest BCUT2D eigenvalue weighted by Crippen LogP contribution is 2.41. The highest BCUT2D eigenvalue weighted by molar-refractivity contribution is 6.62. The average molecular weight is 594 g/mol. The fraction of sp³-hybridized carbons (Fsp3) is 0.550. The van der Waals surface area contributed by atoms with Gasteiger partial charge in [0.1, 0.15) is 0 Å². The van der Waals surface area contributed by atoms with Gasteiger partial charge in [0.05, 0.1) is 22.2 Å². The van der Waals surface area contributed by atoms with E-state index in [0.29, 0.717) is 0 Å². The highest BCUT2D eigenvalue weighted by Gasteiger charge is 2.52. The molecule has 44 heavy (non-hydrogen) atoms. The van der Waals surface area contributed by atoms with Crippen LogP contribution >= 0.6 is 0 Å². The molecule has 1 fully saturated rings. The summed E-state index contributed by atoms with van der Waals surface area (Å²) in [5, 5.41) is 2.56. The fourth-order valence-electron chi connectivity index (χ4n) is 6.93. The Bertz CT molecular complexity index is 1630. The SMILES string of the molecule is CC(C)(C)CC(C)(C)c1cc(B2OC(C)(C)C(C)(C)O2)cc(-n2c3cc(C(C)(C)C)ccc3c3ccc(C(C)(C)C)cc32)c1. The molecule has 236 valence electrons. The first-order valence-electron chi connectivity index (χ1n) is 16.5. The minimum atomic E-state index is -0.438. The van der Waals surface area contributed by atoms with E-state index in [2.05, 4.69) is 163 Å². The summed E-state index contributed by atoms with van der Waals surface area (Å²) in [7, 11) is -0.438. The van der Waals surface area contributed by atoms with Gasteiger partial charge in [-0.05, 0) is 102 Å². The van der Waals surface area contributed by atoms with Crippen molar-refractivity contribution in [3.05, 3.63) is 71.3 Å². The van der Waals surface area contributed by atoms with E-state index in [9.17, 15) is 0 Å². The number of nitrogens with zero attached hydrogens (tertiary/aromatic N) is 1. The lowest BCUT2D eigenvalue weighted by atomic mass is 9.69. The van der Waals surface area contributed by atoms with Crippen LogP contribution in [0.4, 0.5) is 0 Å². The zero-order valence-electron chi connectivity index (χ0n) is 30.2. The Labute approximate surface area is 267 Å². The molecule has 1 aliphatic rings. The third-order valence-electron chi connectivity index (χ3n) is 9.98. The molecule has 0 unspecified atom stereocenters. The van der Waals surface area contributed by atoms with Crippen LogP contribution in [0.1, 0.15) is 127 Å². The van der Waals surface area contributed by atoms with Crippen LogP contribution in [0, 0.1) is 5.41 Å². The van der Waals surface area contributed by atoms with Crippen LogP contribution in [0.15, 0.2) is 54.6 Å².